The van der Waals surface area contributed by atoms with Crippen molar-refractivity contribution < 1.29 is 8.78 Å². The fourth-order valence-corrected chi connectivity index (χ4v) is 1.59. The number of hydrogen-bond donors (Lipinski definition) is 2. The summed E-state index contributed by atoms with van der Waals surface area (Å²) < 4.78 is 25.2. The van der Waals surface area contributed by atoms with Crippen molar-refractivity contribution in [2.45, 2.75) is 13.3 Å². The molecule has 1 aromatic carbocycles. The quantitative estimate of drug-likeness (QED) is 0.649. The summed E-state index contributed by atoms with van der Waals surface area (Å²) in [5.74, 6) is 6.09. The minimum atomic E-state index is -2.51. The first kappa shape index (κ1) is 12.4. The van der Waals surface area contributed by atoms with Gasteiger partial charge in [-0.15, -0.1) is 0 Å². The third-order valence-corrected chi connectivity index (χ3v) is 2.40. The number of nitrogen functional groups attached to an aromatic ring is 1. The number of aromatic nitrogens is 2. The molecule has 0 spiro atoms. The summed E-state index contributed by atoms with van der Waals surface area (Å²) in [6.45, 7) is 1.78. The summed E-state index contributed by atoms with van der Waals surface area (Å²) in [6.07, 6.45) is -2.51. The molecule has 1 aromatic heterocycles. The van der Waals surface area contributed by atoms with Crippen LogP contribution in [-0.2, 0) is 0 Å². The largest absolute Gasteiger partial charge is 0.308 e. The van der Waals surface area contributed by atoms with Crippen LogP contribution in [0.1, 0.15) is 17.7 Å². The maximum absolute atomic E-state index is 12.6. The van der Waals surface area contributed by atoms with Gasteiger partial charge in [-0.3, -0.25) is 0 Å². The van der Waals surface area contributed by atoms with Crippen LogP contribution in [0.5, 0.6) is 0 Å². The number of alkyl halides is 2. The third kappa shape index (κ3) is 2.60. The number of nitrogens with one attached hydrogen (secondary N) is 1. The van der Waals surface area contributed by atoms with Crippen molar-refractivity contribution in [1.82, 2.24) is 9.97 Å². The van der Waals surface area contributed by atoms with Crippen LogP contribution in [0.25, 0.3) is 11.4 Å². The van der Waals surface area contributed by atoms with Gasteiger partial charge in [0.1, 0.15) is 5.82 Å². The Morgan fingerprint density at radius 1 is 1.22 bits per heavy atom. The number of nitrogens with zero attached hydrogens (tertiary/aromatic N) is 2. The van der Waals surface area contributed by atoms with E-state index in [2.05, 4.69) is 15.4 Å². The number of halogens is 2. The van der Waals surface area contributed by atoms with Crippen molar-refractivity contribution in [3.63, 3.8) is 0 Å². The zero-order valence-corrected chi connectivity index (χ0v) is 9.69. The Hall–Kier alpha value is -2.08. The van der Waals surface area contributed by atoms with E-state index in [4.69, 9.17) is 5.84 Å². The van der Waals surface area contributed by atoms with E-state index in [1.54, 1.807) is 25.1 Å². The van der Waals surface area contributed by atoms with E-state index >= 15 is 0 Å². The molecule has 18 heavy (non-hydrogen) atoms. The normalized spacial score (nSPS) is 10.7. The lowest BCUT2D eigenvalue weighted by molar-refractivity contribution is 0.151. The molecule has 2 rings (SSSR count). The van der Waals surface area contributed by atoms with Gasteiger partial charge in [0.25, 0.3) is 6.43 Å². The van der Waals surface area contributed by atoms with Gasteiger partial charge < -0.3 is 5.43 Å². The fourth-order valence-electron chi connectivity index (χ4n) is 1.59. The summed E-state index contributed by atoms with van der Waals surface area (Å²) in [5.41, 5.74) is 3.60. The predicted octanol–water partition coefficient (Wildman–Crippen LogP) is 2.68. The topological polar surface area (TPSA) is 63.8 Å². The summed E-state index contributed by atoms with van der Waals surface area (Å²) in [4.78, 5) is 8.33. The average Bonchev–Trinajstić information content (AvgIpc) is 2.38. The number of hydrazine groups is 1. The van der Waals surface area contributed by atoms with E-state index in [1.165, 1.54) is 12.1 Å². The average molecular weight is 250 g/mol. The molecule has 6 heteroatoms. The van der Waals surface area contributed by atoms with Gasteiger partial charge in [-0.2, -0.15) is 0 Å². The van der Waals surface area contributed by atoms with Gasteiger partial charge in [-0.05, 0) is 13.0 Å². The Bertz CT molecular complexity index is 558. The lowest BCUT2D eigenvalue weighted by Gasteiger charge is -2.07. The minimum absolute atomic E-state index is 0.0557. The van der Waals surface area contributed by atoms with Crippen LogP contribution in [0.2, 0.25) is 0 Å². The SMILES string of the molecule is Cc1cc(NN)nc(-c2cccc(C(F)F)c2)n1. The highest BCUT2D eigenvalue weighted by Crippen LogP contribution is 2.24. The number of aryl methyl sites for hydroxylation is 1. The summed E-state index contributed by atoms with van der Waals surface area (Å²) in [7, 11) is 0. The predicted molar refractivity (Wildman–Crippen MR) is 65.0 cm³/mol. The van der Waals surface area contributed by atoms with Gasteiger partial charge in [0, 0.05) is 22.9 Å². The Kier molecular flexibility index (Phi) is 3.47. The molecule has 0 bridgehead atoms. The number of benzene rings is 1. The Morgan fingerprint density at radius 3 is 2.67 bits per heavy atom. The molecule has 0 radical (unpaired) electrons. The van der Waals surface area contributed by atoms with Crippen molar-refractivity contribution in [3.05, 3.63) is 41.6 Å². The van der Waals surface area contributed by atoms with E-state index in [0.717, 1.165) is 0 Å². The third-order valence-electron chi connectivity index (χ3n) is 2.40. The first-order chi connectivity index (χ1) is 8.60. The Morgan fingerprint density at radius 2 is 2.00 bits per heavy atom. The first-order valence-electron chi connectivity index (χ1n) is 5.31. The van der Waals surface area contributed by atoms with E-state index in [1.807, 2.05) is 0 Å². The number of rotatable bonds is 3. The molecule has 1 heterocycles. The van der Waals surface area contributed by atoms with Crippen molar-refractivity contribution in [2.75, 3.05) is 5.43 Å². The number of hydrogen-bond acceptors (Lipinski definition) is 4. The molecule has 0 unspecified atom stereocenters. The van der Waals surface area contributed by atoms with Gasteiger partial charge in [-0.1, -0.05) is 18.2 Å². The summed E-state index contributed by atoms with van der Waals surface area (Å²) >= 11 is 0. The van der Waals surface area contributed by atoms with E-state index in [9.17, 15) is 8.78 Å². The zero-order chi connectivity index (χ0) is 13.1. The van der Waals surface area contributed by atoms with Crippen LogP contribution in [0.3, 0.4) is 0 Å². The van der Waals surface area contributed by atoms with Gasteiger partial charge in [-0.25, -0.2) is 24.6 Å². The van der Waals surface area contributed by atoms with E-state index < -0.39 is 6.43 Å². The summed E-state index contributed by atoms with van der Waals surface area (Å²) in [5, 5.41) is 0. The highest BCUT2D eigenvalue weighted by Gasteiger charge is 2.10. The maximum Gasteiger partial charge on any atom is 0.263 e. The lowest BCUT2D eigenvalue weighted by Crippen LogP contribution is -2.10. The van der Waals surface area contributed by atoms with Crippen LogP contribution < -0.4 is 11.3 Å². The van der Waals surface area contributed by atoms with Crippen molar-refractivity contribution in [1.29, 1.82) is 0 Å². The highest BCUT2D eigenvalue weighted by atomic mass is 19.3. The van der Waals surface area contributed by atoms with Crippen LogP contribution in [0.4, 0.5) is 14.6 Å². The van der Waals surface area contributed by atoms with Gasteiger partial charge in [0.15, 0.2) is 5.82 Å². The second-order valence-corrected chi connectivity index (χ2v) is 3.79. The molecule has 3 N–H and O–H groups in total. The minimum Gasteiger partial charge on any atom is -0.308 e. The van der Waals surface area contributed by atoms with Gasteiger partial charge in [0.2, 0.25) is 0 Å². The van der Waals surface area contributed by atoms with Crippen molar-refractivity contribution >= 4 is 5.82 Å². The number of anilines is 1. The second-order valence-electron chi connectivity index (χ2n) is 3.79. The molecule has 0 fully saturated rings. The molecule has 0 aliphatic rings. The molecule has 0 saturated carbocycles. The molecular weight excluding hydrogens is 238 g/mol. The zero-order valence-electron chi connectivity index (χ0n) is 9.69. The van der Waals surface area contributed by atoms with Crippen LogP contribution in [0, 0.1) is 6.92 Å². The van der Waals surface area contributed by atoms with Crippen molar-refractivity contribution in [3.8, 4) is 11.4 Å². The molecule has 4 nitrogen and oxygen atoms in total. The van der Waals surface area contributed by atoms with E-state index in [0.29, 0.717) is 22.9 Å². The van der Waals surface area contributed by atoms with E-state index in [-0.39, 0.29) is 5.56 Å². The molecule has 0 saturated heterocycles. The Balaban J connectivity index is 2.47. The monoisotopic (exact) mass is 250 g/mol. The van der Waals surface area contributed by atoms with Gasteiger partial charge in [0.05, 0.1) is 0 Å². The van der Waals surface area contributed by atoms with Crippen molar-refractivity contribution in [2.24, 2.45) is 5.84 Å². The van der Waals surface area contributed by atoms with Crippen LogP contribution in [-0.4, -0.2) is 9.97 Å². The molecule has 2 aromatic rings. The molecular formula is C12H12F2N4. The highest BCUT2D eigenvalue weighted by molar-refractivity contribution is 5.58. The number of nitrogens with two attached hydrogens (primary N) is 1. The summed E-state index contributed by atoms with van der Waals surface area (Å²) in [6, 6.07) is 7.64. The smallest absolute Gasteiger partial charge is 0.263 e. The maximum atomic E-state index is 12.6. The second kappa shape index (κ2) is 5.05. The fraction of sp³-hybridized carbons (Fsp3) is 0.167. The van der Waals surface area contributed by atoms with Gasteiger partial charge >= 0.3 is 0 Å². The van der Waals surface area contributed by atoms with Crippen LogP contribution >= 0.6 is 0 Å². The molecule has 0 atom stereocenters. The molecule has 94 valence electrons. The van der Waals surface area contributed by atoms with Crippen LogP contribution in [0.15, 0.2) is 30.3 Å². The first-order valence-corrected chi connectivity index (χ1v) is 5.31. The molecule has 0 aliphatic heterocycles. The standard InChI is InChI=1S/C12H12F2N4/c1-7-5-10(18-15)17-12(16-7)9-4-2-3-8(6-9)11(13)14/h2-6,11H,15H2,1H3,(H,16,17,18). The molecule has 0 amide bonds. The Labute approximate surface area is 103 Å². The molecule has 0 aliphatic carbocycles. The lowest BCUT2D eigenvalue weighted by atomic mass is 10.1.